The van der Waals surface area contributed by atoms with E-state index in [0.717, 1.165) is 17.9 Å². The third kappa shape index (κ3) is 4.80. The van der Waals surface area contributed by atoms with E-state index in [9.17, 15) is 4.79 Å². The van der Waals surface area contributed by atoms with E-state index in [1.54, 1.807) is 4.90 Å². The maximum Gasteiger partial charge on any atom is 0.258 e. The lowest BCUT2D eigenvalue weighted by molar-refractivity contribution is -0.917. The van der Waals surface area contributed by atoms with Crippen LogP contribution < -0.4 is 19.7 Å². The van der Waals surface area contributed by atoms with Crippen LogP contribution in [0, 0.1) is 5.92 Å². The minimum absolute atomic E-state index is 0.0300. The summed E-state index contributed by atoms with van der Waals surface area (Å²) in [4.78, 5) is 13.8. The Labute approximate surface area is 160 Å². The molecule has 5 nitrogen and oxygen atoms in total. The van der Waals surface area contributed by atoms with Gasteiger partial charge in [0, 0.05) is 12.8 Å². The molecular formula is C22H27N2O3+. The first-order chi connectivity index (χ1) is 13.3. The van der Waals surface area contributed by atoms with Crippen molar-refractivity contribution in [3.63, 3.8) is 0 Å². The van der Waals surface area contributed by atoms with Crippen LogP contribution in [-0.4, -0.2) is 38.2 Å². The molecule has 142 valence electrons. The van der Waals surface area contributed by atoms with E-state index >= 15 is 0 Å². The Bertz CT molecular complexity index is 740. The number of carbonyl (C=O) groups is 1. The van der Waals surface area contributed by atoms with Crippen LogP contribution in [0.1, 0.15) is 18.4 Å². The van der Waals surface area contributed by atoms with Gasteiger partial charge in [0.1, 0.15) is 18.1 Å². The zero-order valence-corrected chi connectivity index (χ0v) is 15.5. The van der Waals surface area contributed by atoms with Crippen molar-refractivity contribution in [1.29, 1.82) is 0 Å². The fourth-order valence-corrected chi connectivity index (χ4v) is 4.07. The Hall–Kier alpha value is -2.53. The van der Waals surface area contributed by atoms with Crippen LogP contribution in [0.5, 0.6) is 11.5 Å². The van der Waals surface area contributed by atoms with E-state index in [4.69, 9.17) is 9.47 Å². The standard InChI is InChI=1S/C22H26N2O3/c25-22(23-21-14-24-12-10-18(21)11-13-24)16-27-20-8-6-19(7-9-20)26-15-17-4-2-1-3-5-17/h1-9,18,21H,10-16H2,(H,23,25)/p+1/t21-/m0/s1. The Kier molecular flexibility index (Phi) is 5.58. The van der Waals surface area contributed by atoms with E-state index in [1.807, 2.05) is 54.6 Å². The van der Waals surface area contributed by atoms with Gasteiger partial charge in [0.05, 0.1) is 25.7 Å². The molecule has 0 aromatic heterocycles. The van der Waals surface area contributed by atoms with Crippen LogP contribution in [0.4, 0.5) is 0 Å². The predicted octanol–water partition coefficient (Wildman–Crippen LogP) is 1.44. The molecule has 3 fully saturated rings. The molecule has 27 heavy (non-hydrogen) atoms. The summed E-state index contributed by atoms with van der Waals surface area (Å²) in [6.07, 6.45) is 2.46. The smallest absolute Gasteiger partial charge is 0.258 e. The first kappa shape index (κ1) is 17.9. The molecule has 3 saturated heterocycles. The van der Waals surface area contributed by atoms with Crippen molar-refractivity contribution in [2.45, 2.75) is 25.5 Å². The van der Waals surface area contributed by atoms with Crippen molar-refractivity contribution in [1.82, 2.24) is 5.32 Å². The summed E-state index contributed by atoms with van der Waals surface area (Å²) >= 11 is 0. The summed E-state index contributed by atoms with van der Waals surface area (Å²) in [6, 6.07) is 17.8. The number of amides is 1. The Morgan fingerprint density at radius 3 is 2.26 bits per heavy atom. The van der Waals surface area contributed by atoms with Gasteiger partial charge in [0.2, 0.25) is 0 Å². The predicted molar refractivity (Wildman–Crippen MR) is 103 cm³/mol. The van der Waals surface area contributed by atoms with Gasteiger partial charge in [-0.25, -0.2) is 0 Å². The molecule has 2 aromatic rings. The molecule has 0 spiro atoms. The van der Waals surface area contributed by atoms with Crippen molar-refractivity contribution < 1.29 is 19.2 Å². The number of benzene rings is 2. The van der Waals surface area contributed by atoms with Crippen LogP contribution in [0.2, 0.25) is 0 Å². The fraction of sp³-hybridized carbons (Fsp3) is 0.409. The van der Waals surface area contributed by atoms with Gasteiger partial charge in [-0.15, -0.1) is 0 Å². The van der Waals surface area contributed by atoms with Crippen molar-refractivity contribution in [3.8, 4) is 11.5 Å². The summed E-state index contributed by atoms with van der Waals surface area (Å²) in [6.45, 7) is 4.16. The minimum Gasteiger partial charge on any atom is -0.489 e. The average Bonchev–Trinajstić information content (AvgIpc) is 2.73. The third-order valence-electron chi connectivity index (χ3n) is 5.60. The van der Waals surface area contributed by atoms with Crippen LogP contribution in [0.15, 0.2) is 54.6 Å². The number of rotatable bonds is 7. The molecule has 3 aliphatic heterocycles. The van der Waals surface area contributed by atoms with E-state index in [1.165, 1.54) is 25.9 Å². The molecule has 2 aromatic carbocycles. The normalized spacial score (nSPS) is 23.6. The molecule has 0 unspecified atom stereocenters. The number of quaternary nitrogens is 1. The number of carbonyl (C=O) groups excluding carboxylic acids is 1. The number of ether oxygens (including phenoxy) is 2. The number of piperidine rings is 3. The second-order valence-electron chi connectivity index (χ2n) is 7.50. The minimum atomic E-state index is -0.0300. The molecule has 3 aliphatic rings. The Morgan fingerprint density at radius 1 is 0.963 bits per heavy atom. The van der Waals surface area contributed by atoms with Crippen LogP contribution in [-0.2, 0) is 11.4 Å². The van der Waals surface area contributed by atoms with E-state index in [-0.39, 0.29) is 12.5 Å². The monoisotopic (exact) mass is 367 g/mol. The van der Waals surface area contributed by atoms with Gasteiger partial charge in [0.25, 0.3) is 5.91 Å². The van der Waals surface area contributed by atoms with Gasteiger partial charge < -0.3 is 19.7 Å². The van der Waals surface area contributed by atoms with Crippen LogP contribution >= 0.6 is 0 Å². The highest BCUT2D eigenvalue weighted by Crippen LogP contribution is 2.20. The lowest BCUT2D eigenvalue weighted by Crippen LogP contribution is -3.17. The summed E-state index contributed by atoms with van der Waals surface area (Å²) in [7, 11) is 0. The quantitative estimate of drug-likeness (QED) is 0.779. The van der Waals surface area contributed by atoms with Gasteiger partial charge >= 0.3 is 0 Å². The van der Waals surface area contributed by atoms with Gasteiger partial charge in [-0.1, -0.05) is 30.3 Å². The van der Waals surface area contributed by atoms with Crippen molar-refractivity contribution >= 4 is 5.91 Å². The number of nitrogens with one attached hydrogen (secondary N) is 2. The van der Waals surface area contributed by atoms with Crippen molar-refractivity contribution in [2.24, 2.45) is 5.92 Å². The molecule has 0 radical (unpaired) electrons. The number of fused-ring (bicyclic) bond motifs is 3. The third-order valence-corrected chi connectivity index (χ3v) is 5.60. The summed E-state index contributed by atoms with van der Waals surface area (Å²) in [5, 5.41) is 3.16. The second kappa shape index (κ2) is 8.44. The van der Waals surface area contributed by atoms with Crippen LogP contribution in [0.3, 0.4) is 0 Å². The number of hydrogen-bond acceptors (Lipinski definition) is 3. The second-order valence-corrected chi connectivity index (χ2v) is 7.50. The van der Waals surface area contributed by atoms with Crippen molar-refractivity contribution in [3.05, 3.63) is 60.2 Å². The van der Waals surface area contributed by atoms with Gasteiger partial charge in [0.15, 0.2) is 6.61 Å². The molecule has 2 bridgehead atoms. The molecule has 2 N–H and O–H groups in total. The number of hydrogen-bond donors (Lipinski definition) is 2. The molecule has 0 aliphatic carbocycles. The Balaban J connectivity index is 1.21. The Morgan fingerprint density at radius 2 is 1.63 bits per heavy atom. The largest absolute Gasteiger partial charge is 0.489 e. The van der Waals surface area contributed by atoms with Gasteiger partial charge in [-0.05, 0) is 35.7 Å². The highest BCUT2D eigenvalue weighted by atomic mass is 16.5. The van der Waals surface area contributed by atoms with E-state index in [2.05, 4.69) is 5.32 Å². The maximum atomic E-state index is 12.2. The molecule has 1 amide bonds. The highest BCUT2D eigenvalue weighted by Gasteiger charge is 2.37. The van der Waals surface area contributed by atoms with Crippen molar-refractivity contribution in [2.75, 3.05) is 26.2 Å². The molecule has 5 heteroatoms. The first-order valence-electron chi connectivity index (χ1n) is 9.79. The zero-order valence-electron chi connectivity index (χ0n) is 15.5. The lowest BCUT2D eigenvalue weighted by Gasteiger charge is -2.42. The average molecular weight is 367 g/mol. The maximum absolute atomic E-state index is 12.2. The summed E-state index contributed by atoms with van der Waals surface area (Å²) < 4.78 is 11.4. The topological polar surface area (TPSA) is 52.0 Å². The van der Waals surface area contributed by atoms with Gasteiger partial charge in [-0.3, -0.25) is 4.79 Å². The zero-order chi connectivity index (χ0) is 18.5. The summed E-state index contributed by atoms with van der Waals surface area (Å²) in [5.74, 6) is 2.08. The van der Waals surface area contributed by atoms with Crippen LogP contribution in [0.25, 0.3) is 0 Å². The molecule has 3 heterocycles. The first-order valence-corrected chi connectivity index (χ1v) is 9.79. The lowest BCUT2D eigenvalue weighted by atomic mass is 9.84. The van der Waals surface area contributed by atoms with E-state index < -0.39 is 0 Å². The van der Waals surface area contributed by atoms with Gasteiger partial charge in [-0.2, -0.15) is 0 Å². The fourth-order valence-electron chi connectivity index (χ4n) is 4.07. The molecule has 1 atom stereocenters. The highest BCUT2D eigenvalue weighted by molar-refractivity contribution is 5.77. The molecule has 0 saturated carbocycles. The molecular weight excluding hydrogens is 340 g/mol. The summed E-state index contributed by atoms with van der Waals surface area (Å²) in [5.41, 5.74) is 1.13. The van der Waals surface area contributed by atoms with E-state index in [0.29, 0.717) is 24.3 Å². The SMILES string of the molecule is O=C(COc1ccc(OCc2ccccc2)cc1)N[C@H]1C[NH+]2CCC1CC2. The molecule has 5 rings (SSSR count).